The van der Waals surface area contributed by atoms with Crippen molar-refractivity contribution in [3.05, 3.63) is 173 Å². The van der Waals surface area contributed by atoms with Crippen molar-refractivity contribution < 1.29 is 9.22 Å². The Morgan fingerprint density at radius 3 is 1.88 bits per heavy atom. The Hall–Kier alpha value is -5.13. The van der Waals surface area contributed by atoms with Crippen molar-refractivity contribution in [2.45, 2.75) is 44.0 Å². The second kappa shape index (κ2) is 15.0. The van der Waals surface area contributed by atoms with E-state index >= 15 is 0 Å². The normalized spacial score (nSPS) is 15.3. The Bertz CT molecular complexity index is 1850. The first-order valence-electron chi connectivity index (χ1n) is 16.8. The topological polar surface area (TPSA) is 77.7 Å². The van der Waals surface area contributed by atoms with E-state index in [-0.39, 0.29) is 23.5 Å². The maximum atomic E-state index is 14.0. The quantitative estimate of drug-likeness (QED) is 0.126. The van der Waals surface area contributed by atoms with Crippen molar-refractivity contribution in [1.82, 2.24) is 10.2 Å². The van der Waals surface area contributed by atoms with Gasteiger partial charge in [0.2, 0.25) is 5.91 Å². The first kappa shape index (κ1) is 33.8. The maximum Gasteiger partial charge on any atom is 0.237 e. The molecule has 0 unspecified atom stereocenters. The molecule has 0 aromatic heterocycles. The summed E-state index contributed by atoms with van der Waals surface area (Å²) in [6.07, 6.45) is 0. The van der Waals surface area contributed by atoms with Crippen LogP contribution in [-0.4, -0.2) is 45.4 Å². The summed E-state index contributed by atoms with van der Waals surface area (Å²) >= 11 is 0. The van der Waals surface area contributed by atoms with Gasteiger partial charge in [-0.2, -0.15) is 5.26 Å². The van der Waals surface area contributed by atoms with Gasteiger partial charge >= 0.3 is 0 Å². The highest BCUT2D eigenvalue weighted by Crippen LogP contribution is 2.42. The lowest BCUT2D eigenvalue weighted by Gasteiger charge is -2.50. The molecule has 0 saturated carbocycles. The number of nitriles is 1. The number of nitrogens with one attached hydrogen (secondary N) is 1. The lowest BCUT2D eigenvalue weighted by molar-refractivity contribution is -0.141. The van der Waals surface area contributed by atoms with E-state index in [0.717, 1.165) is 33.5 Å². The third-order valence-electron chi connectivity index (χ3n) is 8.78. The smallest absolute Gasteiger partial charge is 0.237 e. The molecule has 7 heteroatoms. The van der Waals surface area contributed by atoms with Gasteiger partial charge in [0.15, 0.2) is 9.76 Å². The van der Waals surface area contributed by atoms with E-state index in [0.29, 0.717) is 24.3 Å². The van der Waals surface area contributed by atoms with Crippen LogP contribution in [0, 0.1) is 11.3 Å². The SMILES string of the molecule is CC(C)(C)[SiH2]OC(c1ccccc1)(c1ccccc1)[C@H]1CNCC(=O)N1Cc1ccc(C#N)c(N=C(c2ccccc2)c2ccccc2)c1. The van der Waals surface area contributed by atoms with Crippen LogP contribution in [0.2, 0.25) is 5.04 Å². The van der Waals surface area contributed by atoms with Gasteiger partial charge in [-0.05, 0) is 33.9 Å². The zero-order chi connectivity index (χ0) is 34.3. The minimum Gasteiger partial charge on any atom is -0.408 e. The predicted octanol–water partition coefficient (Wildman–Crippen LogP) is 7.29. The first-order valence-corrected chi connectivity index (χ1v) is 18.0. The van der Waals surface area contributed by atoms with Crippen LogP contribution in [0.3, 0.4) is 0 Å². The number of carbonyl (C=O) groups is 1. The number of hydrogen-bond donors (Lipinski definition) is 1. The number of aliphatic imine (C=N–C) groups is 1. The number of carbonyl (C=O) groups excluding carboxylic acids is 1. The molecule has 0 spiro atoms. The molecule has 1 aliphatic heterocycles. The molecule has 0 radical (unpaired) electrons. The van der Waals surface area contributed by atoms with Crippen molar-refractivity contribution in [3.63, 3.8) is 0 Å². The van der Waals surface area contributed by atoms with E-state index in [2.05, 4.69) is 56.4 Å². The maximum absolute atomic E-state index is 14.0. The van der Waals surface area contributed by atoms with Crippen molar-refractivity contribution >= 4 is 27.1 Å². The van der Waals surface area contributed by atoms with E-state index in [4.69, 9.17) is 9.42 Å². The van der Waals surface area contributed by atoms with Gasteiger partial charge in [0.25, 0.3) is 0 Å². The van der Waals surface area contributed by atoms with Crippen LogP contribution in [0.5, 0.6) is 0 Å². The number of amides is 1. The van der Waals surface area contributed by atoms with E-state index in [1.165, 1.54) is 0 Å². The largest absolute Gasteiger partial charge is 0.408 e. The predicted molar refractivity (Wildman–Crippen MR) is 200 cm³/mol. The fraction of sp³-hybridized carbons (Fsp3) is 0.214. The fourth-order valence-corrected chi connectivity index (χ4v) is 7.63. The molecular formula is C42H42N4O2Si. The van der Waals surface area contributed by atoms with Crippen LogP contribution < -0.4 is 5.32 Å². The third-order valence-corrected chi connectivity index (χ3v) is 10.2. The lowest BCUT2D eigenvalue weighted by atomic mass is 9.78. The molecule has 1 atom stereocenters. The molecule has 246 valence electrons. The number of hydrogen-bond acceptors (Lipinski definition) is 5. The number of nitrogens with zero attached hydrogens (tertiary/aromatic N) is 3. The van der Waals surface area contributed by atoms with Crippen LogP contribution in [0.4, 0.5) is 5.69 Å². The van der Waals surface area contributed by atoms with Gasteiger partial charge in [0, 0.05) is 24.2 Å². The van der Waals surface area contributed by atoms with Crippen molar-refractivity contribution in [1.29, 1.82) is 5.26 Å². The van der Waals surface area contributed by atoms with Gasteiger partial charge in [0.05, 0.1) is 29.5 Å². The van der Waals surface area contributed by atoms with E-state index < -0.39 is 15.4 Å². The highest BCUT2D eigenvalue weighted by molar-refractivity contribution is 6.32. The van der Waals surface area contributed by atoms with Gasteiger partial charge in [-0.25, -0.2) is 4.99 Å². The summed E-state index contributed by atoms with van der Waals surface area (Å²) in [7, 11) is -1.10. The second-order valence-electron chi connectivity index (χ2n) is 13.6. The number of rotatable bonds is 10. The van der Waals surface area contributed by atoms with Crippen molar-refractivity contribution in [2.75, 3.05) is 13.1 Å². The Balaban J connectivity index is 1.46. The highest BCUT2D eigenvalue weighted by atomic mass is 28.2. The zero-order valence-electron chi connectivity index (χ0n) is 28.3. The van der Waals surface area contributed by atoms with Crippen LogP contribution >= 0.6 is 0 Å². The minimum absolute atomic E-state index is 0.00261. The summed E-state index contributed by atoms with van der Waals surface area (Å²) in [6, 6.07) is 48.4. The van der Waals surface area contributed by atoms with Gasteiger partial charge in [-0.15, -0.1) is 0 Å². The molecule has 1 amide bonds. The van der Waals surface area contributed by atoms with Gasteiger partial charge in [-0.1, -0.05) is 148 Å². The summed E-state index contributed by atoms with van der Waals surface area (Å²) in [5.74, 6) is -0.00261. The van der Waals surface area contributed by atoms with Crippen LogP contribution in [0.15, 0.2) is 145 Å². The van der Waals surface area contributed by atoms with Gasteiger partial charge in [-0.3, -0.25) is 4.79 Å². The summed E-state index contributed by atoms with van der Waals surface area (Å²) in [5, 5.41) is 13.6. The standard InChI is InChI=1S/C42H42N4O2Si/c1-41(2,3)49-48-42(35-20-12-6-13-21-35,36-22-14-7-15-23-36)38-28-44-29-39(47)46(38)30-31-24-25-34(27-43)37(26-31)45-40(32-16-8-4-9-17-32)33-18-10-5-11-19-33/h4-26,38,44H,28-30,49H2,1-3H3/t38-/m1/s1. The zero-order valence-corrected chi connectivity index (χ0v) is 29.8. The molecule has 49 heavy (non-hydrogen) atoms. The van der Waals surface area contributed by atoms with Crippen LogP contribution in [-0.2, 0) is 21.4 Å². The Kier molecular flexibility index (Phi) is 10.3. The Labute approximate surface area is 292 Å². The summed E-state index contributed by atoms with van der Waals surface area (Å²) in [5.41, 5.74) is 5.75. The van der Waals surface area contributed by atoms with Gasteiger partial charge in [0.1, 0.15) is 11.7 Å². The van der Waals surface area contributed by atoms with Crippen LogP contribution in [0.1, 0.15) is 54.2 Å². The highest BCUT2D eigenvalue weighted by Gasteiger charge is 2.49. The molecule has 1 aliphatic rings. The number of benzene rings is 5. The molecule has 6 nitrogen and oxygen atoms in total. The molecule has 1 fully saturated rings. The summed E-state index contributed by atoms with van der Waals surface area (Å²) in [6.45, 7) is 7.80. The van der Waals surface area contributed by atoms with E-state index in [9.17, 15) is 10.1 Å². The van der Waals surface area contributed by atoms with Crippen LogP contribution in [0.25, 0.3) is 0 Å². The molecule has 6 rings (SSSR count). The van der Waals surface area contributed by atoms with Crippen molar-refractivity contribution in [3.8, 4) is 6.07 Å². The first-order chi connectivity index (χ1) is 23.8. The Morgan fingerprint density at radius 2 is 1.37 bits per heavy atom. The number of piperazine rings is 1. The molecule has 5 aromatic carbocycles. The molecular weight excluding hydrogens is 621 g/mol. The average Bonchev–Trinajstić information content (AvgIpc) is 3.13. The fourth-order valence-electron chi connectivity index (χ4n) is 6.45. The Morgan fingerprint density at radius 1 is 0.837 bits per heavy atom. The average molecular weight is 663 g/mol. The minimum atomic E-state index is -1.10. The monoisotopic (exact) mass is 662 g/mol. The molecule has 1 N–H and O–H groups in total. The van der Waals surface area contributed by atoms with Gasteiger partial charge < -0.3 is 14.6 Å². The summed E-state index contributed by atoms with van der Waals surface area (Å²) in [4.78, 5) is 21.1. The van der Waals surface area contributed by atoms with Crippen molar-refractivity contribution in [2.24, 2.45) is 4.99 Å². The molecule has 0 aliphatic carbocycles. The second-order valence-corrected chi connectivity index (χ2v) is 16.3. The lowest BCUT2D eigenvalue weighted by Crippen LogP contribution is -2.64. The molecule has 5 aromatic rings. The van der Waals surface area contributed by atoms with E-state index in [1.54, 1.807) is 0 Å². The molecule has 0 bridgehead atoms. The third kappa shape index (κ3) is 7.63. The van der Waals surface area contributed by atoms with E-state index in [1.807, 2.05) is 120 Å². The molecule has 1 saturated heterocycles. The summed E-state index contributed by atoms with van der Waals surface area (Å²) < 4.78 is 7.27. The molecule has 1 heterocycles.